The van der Waals surface area contributed by atoms with E-state index in [1.165, 1.54) is 7.11 Å². The van der Waals surface area contributed by atoms with Gasteiger partial charge in [-0.3, -0.25) is 0 Å². The number of benzene rings is 1. The molecule has 76 valence electrons. The topological polar surface area (TPSA) is 35.5 Å². The molecule has 3 nitrogen and oxygen atoms in total. The van der Waals surface area contributed by atoms with Crippen LogP contribution in [0.15, 0.2) is 22.7 Å². The molecular weight excluding hydrogens is 248 g/mol. The zero-order valence-electron chi connectivity index (χ0n) is 8.04. The molecule has 0 unspecified atom stereocenters. The second-order valence-corrected chi connectivity index (χ2v) is 3.59. The van der Waals surface area contributed by atoms with Gasteiger partial charge in [0.1, 0.15) is 0 Å². The smallest absolute Gasteiger partial charge is 0.337 e. The van der Waals surface area contributed by atoms with Gasteiger partial charge in [0, 0.05) is 11.6 Å². The molecule has 14 heavy (non-hydrogen) atoms. The van der Waals surface area contributed by atoms with Crippen LogP contribution in [0.25, 0.3) is 0 Å². The highest BCUT2D eigenvalue weighted by Crippen LogP contribution is 2.19. The Hall–Kier alpha value is -0.870. The minimum atomic E-state index is -0.338. The Bertz CT molecular complexity index is 336. The molecule has 0 fully saturated rings. The summed E-state index contributed by atoms with van der Waals surface area (Å²) < 4.78 is 10.4. The van der Waals surface area contributed by atoms with Crippen molar-refractivity contribution in [2.75, 3.05) is 14.2 Å². The van der Waals surface area contributed by atoms with Gasteiger partial charge in [0.25, 0.3) is 0 Å². The Labute approximate surface area is 91.1 Å². The average Bonchev–Trinajstić information content (AvgIpc) is 2.20. The molecule has 0 aliphatic carbocycles. The standard InChI is InChI=1S/C10H11BrO3/c1-13-6-8-4-3-7(5-9(8)11)10(12)14-2/h3-5H,6H2,1-2H3. The average molecular weight is 259 g/mol. The van der Waals surface area contributed by atoms with Crippen LogP contribution in [-0.2, 0) is 16.1 Å². The molecule has 0 radical (unpaired) electrons. The monoisotopic (exact) mass is 258 g/mol. The molecule has 0 bridgehead atoms. The van der Waals surface area contributed by atoms with Crippen LogP contribution in [0, 0.1) is 0 Å². The van der Waals surface area contributed by atoms with Crippen LogP contribution in [0.4, 0.5) is 0 Å². The Morgan fingerprint density at radius 1 is 1.43 bits per heavy atom. The summed E-state index contributed by atoms with van der Waals surface area (Å²) in [5.74, 6) is -0.338. The number of methoxy groups -OCH3 is 2. The number of hydrogen-bond donors (Lipinski definition) is 0. The van der Waals surface area contributed by atoms with Crippen molar-refractivity contribution in [1.29, 1.82) is 0 Å². The van der Waals surface area contributed by atoms with Crippen molar-refractivity contribution >= 4 is 21.9 Å². The van der Waals surface area contributed by atoms with Crippen molar-refractivity contribution in [2.45, 2.75) is 6.61 Å². The Morgan fingerprint density at radius 3 is 2.64 bits per heavy atom. The quantitative estimate of drug-likeness (QED) is 0.782. The lowest BCUT2D eigenvalue weighted by Crippen LogP contribution is -2.01. The van der Waals surface area contributed by atoms with Crippen LogP contribution in [0.5, 0.6) is 0 Å². The predicted molar refractivity (Wildman–Crippen MR) is 56.2 cm³/mol. The van der Waals surface area contributed by atoms with E-state index in [-0.39, 0.29) is 5.97 Å². The Balaban J connectivity index is 2.94. The van der Waals surface area contributed by atoms with E-state index in [9.17, 15) is 4.79 Å². The Morgan fingerprint density at radius 2 is 2.14 bits per heavy atom. The maximum Gasteiger partial charge on any atom is 0.337 e. The van der Waals surface area contributed by atoms with E-state index in [2.05, 4.69) is 20.7 Å². The lowest BCUT2D eigenvalue weighted by molar-refractivity contribution is 0.0600. The van der Waals surface area contributed by atoms with E-state index >= 15 is 0 Å². The van der Waals surface area contributed by atoms with E-state index in [0.29, 0.717) is 12.2 Å². The maximum absolute atomic E-state index is 11.2. The summed E-state index contributed by atoms with van der Waals surface area (Å²) in [5, 5.41) is 0. The zero-order valence-corrected chi connectivity index (χ0v) is 9.63. The van der Waals surface area contributed by atoms with Gasteiger partial charge in [-0.05, 0) is 17.7 Å². The molecule has 0 heterocycles. The van der Waals surface area contributed by atoms with Crippen molar-refractivity contribution in [3.05, 3.63) is 33.8 Å². The third-order valence-electron chi connectivity index (χ3n) is 1.77. The highest BCUT2D eigenvalue weighted by atomic mass is 79.9. The predicted octanol–water partition coefficient (Wildman–Crippen LogP) is 2.38. The van der Waals surface area contributed by atoms with Gasteiger partial charge in [-0.2, -0.15) is 0 Å². The van der Waals surface area contributed by atoms with Crippen LogP contribution < -0.4 is 0 Å². The van der Waals surface area contributed by atoms with Crippen molar-refractivity contribution in [1.82, 2.24) is 0 Å². The molecule has 0 aliphatic heterocycles. The molecule has 1 aromatic rings. The van der Waals surface area contributed by atoms with Gasteiger partial charge >= 0.3 is 5.97 Å². The molecule has 0 saturated carbocycles. The van der Waals surface area contributed by atoms with E-state index in [1.807, 2.05) is 6.07 Å². The SMILES string of the molecule is COCc1ccc(C(=O)OC)cc1Br. The molecule has 1 aromatic carbocycles. The number of hydrogen-bond acceptors (Lipinski definition) is 3. The summed E-state index contributed by atoms with van der Waals surface area (Å²) in [4.78, 5) is 11.2. The molecule has 4 heteroatoms. The minimum absolute atomic E-state index is 0.338. The molecule has 0 amide bonds. The minimum Gasteiger partial charge on any atom is -0.465 e. The number of carbonyl (C=O) groups is 1. The fraction of sp³-hybridized carbons (Fsp3) is 0.300. The first-order chi connectivity index (χ1) is 6.69. The molecule has 0 atom stereocenters. The zero-order chi connectivity index (χ0) is 10.6. The van der Waals surface area contributed by atoms with E-state index in [0.717, 1.165) is 10.0 Å². The van der Waals surface area contributed by atoms with Gasteiger partial charge in [-0.25, -0.2) is 4.79 Å². The van der Waals surface area contributed by atoms with Gasteiger partial charge in [0.05, 0.1) is 19.3 Å². The molecule has 0 aliphatic rings. The summed E-state index contributed by atoms with van der Waals surface area (Å²) in [5.41, 5.74) is 1.53. The molecular formula is C10H11BrO3. The van der Waals surface area contributed by atoms with E-state index < -0.39 is 0 Å². The molecule has 0 saturated heterocycles. The molecule has 0 aromatic heterocycles. The van der Waals surface area contributed by atoms with Gasteiger partial charge < -0.3 is 9.47 Å². The van der Waals surface area contributed by atoms with Crippen LogP contribution in [0.1, 0.15) is 15.9 Å². The first-order valence-electron chi connectivity index (χ1n) is 4.04. The summed E-state index contributed by atoms with van der Waals surface area (Å²) in [7, 11) is 2.99. The lowest BCUT2D eigenvalue weighted by Gasteiger charge is -2.05. The van der Waals surface area contributed by atoms with Crippen LogP contribution in [0.3, 0.4) is 0 Å². The number of halogens is 1. The number of esters is 1. The first kappa shape index (κ1) is 11.2. The molecule has 0 N–H and O–H groups in total. The number of ether oxygens (including phenoxy) is 2. The van der Waals surface area contributed by atoms with Crippen molar-refractivity contribution in [2.24, 2.45) is 0 Å². The summed E-state index contributed by atoms with van der Waals surface area (Å²) in [6.07, 6.45) is 0. The van der Waals surface area contributed by atoms with Gasteiger partial charge in [0.2, 0.25) is 0 Å². The lowest BCUT2D eigenvalue weighted by atomic mass is 10.1. The number of carbonyl (C=O) groups excluding carboxylic acids is 1. The van der Waals surface area contributed by atoms with Crippen LogP contribution >= 0.6 is 15.9 Å². The molecule has 1 rings (SSSR count). The van der Waals surface area contributed by atoms with Gasteiger partial charge in [-0.15, -0.1) is 0 Å². The van der Waals surface area contributed by atoms with Crippen LogP contribution in [0.2, 0.25) is 0 Å². The van der Waals surface area contributed by atoms with Gasteiger partial charge in [-0.1, -0.05) is 22.0 Å². The van der Waals surface area contributed by atoms with Crippen molar-refractivity contribution in [3.8, 4) is 0 Å². The van der Waals surface area contributed by atoms with Crippen LogP contribution in [-0.4, -0.2) is 20.2 Å². The van der Waals surface area contributed by atoms with E-state index in [1.54, 1.807) is 19.2 Å². The maximum atomic E-state index is 11.2. The second-order valence-electron chi connectivity index (χ2n) is 2.73. The third-order valence-corrected chi connectivity index (χ3v) is 2.51. The van der Waals surface area contributed by atoms with E-state index in [4.69, 9.17) is 4.74 Å². The fourth-order valence-corrected chi connectivity index (χ4v) is 1.56. The summed E-state index contributed by atoms with van der Waals surface area (Å²) in [6.45, 7) is 0.516. The van der Waals surface area contributed by atoms with Crippen molar-refractivity contribution in [3.63, 3.8) is 0 Å². The highest BCUT2D eigenvalue weighted by Gasteiger charge is 2.07. The summed E-state index contributed by atoms with van der Waals surface area (Å²) in [6, 6.07) is 5.27. The molecule has 0 spiro atoms. The second kappa shape index (κ2) is 5.12. The first-order valence-corrected chi connectivity index (χ1v) is 4.84. The third kappa shape index (κ3) is 2.56. The fourth-order valence-electron chi connectivity index (χ4n) is 1.06. The summed E-state index contributed by atoms with van der Waals surface area (Å²) >= 11 is 3.36. The largest absolute Gasteiger partial charge is 0.465 e. The Kier molecular flexibility index (Phi) is 4.10. The highest BCUT2D eigenvalue weighted by molar-refractivity contribution is 9.10. The normalized spacial score (nSPS) is 9.93. The van der Waals surface area contributed by atoms with Crippen molar-refractivity contribution < 1.29 is 14.3 Å². The van der Waals surface area contributed by atoms with Gasteiger partial charge in [0.15, 0.2) is 0 Å². The number of rotatable bonds is 3.